The number of carbonyl (C=O) groups is 1. The highest BCUT2D eigenvalue weighted by Crippen LogP contribution is 2.32. The van der Waals surface area contributed by atoms with Gasteiger partial charge in [-0.3, -0.25) is 4.79 Å². The topological polar surface area (TPSA) is 34.9 Å². The average molecular weight is 509 g/mol. The number of rotatable bonds is 7. The van der Waals surface area contributed by atoms with E-state index in [0.29, 0.717) is 0 Å². The van der Waals surface area contributed by atoms with Crippen molar-refractivity contribution in [2.45, 2.75) is 6.42 Å². The molecule has 1 heterocycles. The predicted octanol–water partition coefficient (Wildman–Crippen LogP) is 5.98. The minimum atomic E-state index is -0.446. The fourth-order valence-corrected chi connectivity index (χ4v) is 6.79. The summed E-state index contributed by atoms with van der Waals surface area (Å²) in [5, 5.41) is 4.32. The van der Waals surface area contributed by atoms with Crippen molar-refractivity contribution in [3.05, 3.63) is 145 Å². The van der Waals surface area contributed by atoms with Crippen LogP contribution in [0.4, 0.5) is 0 Å². The van der Waals surface area contributed by atoms with Crippen LogP contribution in [0.25, 0.3) is 0 Å². The molecule has 5 heteroatoms. The summed E-state index contributed by atoms with van der Waals surface area (Å²) >= 11 is 1.34. The van der Waals surface area contributed by atoms with E-state index in [1.54, 1.807) is 6.20 Å². The molecule has 0 spiro atoms. The molecule has 4 aromatic carbocycles. The van der Waals surface area contributed by atoms with Crippen LogP contribution in [0, 0.1) is 0 Å². The fraction of sp³-hybridized carbons (Fsp3) is 0.0968. The molecule has 0 amide bonds. The maximum absolute atomic E-state index is 11.8. The van der Waals surface area contributed by atoms with Crippen molar-refractivity contribution in [2.24, 2.45) is 7.05 Å². The first-order valence-electron chi connectivity index (χ1n) is 11.9. The van der Waals surface area contributed by atoms with Gasteiger partial charge in [-0.25, -0.2) is 4.98 Å². The van der Waals surface area contributed by atoms with E-state index in [2.05, 4.69) is 96.0 Å². The lowest BCUT2D eigenvalue weighted by Gasteiger charge is -2.18. The van der Waals surface area contributed by atoms with E-state index in [1.807, 2.05) is 48.1 Å². The van der Waals surface area contributed by atoms with Gasteiger partial charge >= 0.3 is 0 Å². The molecule has 36 heavy (non-hydrogen) atoms. The molecule has 0 unspecified atom stereocenters. The van der Waals surface area contributed by atoms with Gasteiger partial charge in [0.05, 0.1) is 0 Å². The van der Waals surface area contributed by atoms with Gasteiger partial charge in [0, 0.05) is 37.2 Å². The van der Waals surface area contributed by atoms with Crippen molar-refractivity contribution in [3.63, 3.8) is 0 Å². The number of aromatic nitrogens is 2. The highest BCUT2D eigenvalue weighted by molar-refractivity contribution is 8.14. The Hall–Kier alpha value is -3.46. The summed E-state index contributed by atoms with van der Waals surface area (Å²) in [6.07, 6.45) is 4.50. The third kappa shape index (κ3) is 7.27. The van der Waals surface area contributed by atoms with E-state index in [4.69, 9.17) is 0 Å². The SMILES string of the molecule is Cn1ccnc1CCSC(=O)c1ccccc1.c1ccc(P(c2ccccc2)c2ccccc2)cc1. The number of aryl methyl sites for hydroxylation is 2. The number of hydrogen-bond donors (Lipinski definition) is 0. The van der Waals surface area contributed by atoms with Gasteiger partial charge in [-0.1, -0.05) is 133 Å². The summed E-state index contributed by atoms with van der Waals surface area (Å²) in [7, 11) is 1.52. The average Bonchev–Trinajstić information content (AvgIpc) is 3.36. The molecule has 0 N–H and O–H groups in total. The molecule has 1 aromatic heterocycles. The maximum atomic E-state index is 11.8. The normalized spacial score (nSPS) is 10.5. The molecule has 3 nitrogen and oxygen atoms in total. The van der Waals surface area contributed by atoms with Gasteiger partial charge in [-0.15, -0.1) is 0 Å². The highest BCUT2D eigenvalue weighted by atomic mass is 32.2. The van der Waals surface area contributed by atoms with Crippen LogP contribution in [0.5, 0.6) is 0 Å². The van der Waals surface area contributed by atoms with E-state index in [1.165, 1.54) is 27.7 Å². The number of imidazole rings is 1. The molecular weight excluding hydrogens is 479 g/mol. The molecule has 0 aliphatic heterocycles. The van der Waals surface area contributed by atoms with E-state index in [9.17, 15) is 4.79 Å². The highest BCUT2D eigenvalue weighted by Gasteiger charge is 2.15. The lowest BCUT2D eigenvalue weighted by molar-refractivity contribution is 0.108. The molecular formula is C31H29N2OPS. The molecule has 0 saturated carbocycles. The van der Waals surface area contributed by atoms with Gasteiger partial charge in [0.15, 0.2) is 0 Å². The third-order valence-corrected chi connectivity index (χ3v) is 8.88. The Morgan fingerprint density at radius 2 is 1.17 bits per heavy atom. The van der Waals surface area contributed by atoms with Gasteiger partial charge in [0.1, 0.15) is 5.82 Å². The zero-order valence-electron chi connectivity index (χ0n) is 20.3. The van der Waals surface area contributed by atoms with Crippen molar-refractivity contribution >= 4 is 40.7 Å². The molecule has 0 aliphatic carbocycles. The summed E-state index contributed by atoms with van der Waals surface area (Å²) < 4.78 is 1.98. The number of thioether (sulfide) groups is 1. The number of hydrogen-bond acceptors (Lipinski definition) is 3. The van der Waals surface area contributed by atoms with Crippen molar-refractivity contribution in [1.82, 2.24) is 9.55 Å². The smallest absolute Gasteiger partial charge is 0.219 e. The van der Waals surface area contributed by atoms with Crippen molar-refractivity contribution in [3.8, 4) is 0 Å². The van der Waals surface area contributed by atoms with E-state index in [0.717, 1.165) is 23.6 Å². The quantitative estimate of drug-likeness (QED) is 0.254. The summed E-state index contributed by atoms with van der Waals surface area (Å²) in [5.41, 5.74) is 0.761. The predicted molar refractivity (Wildman–Crippen MR) is 155 cm³/mol. The summed E-state index contributed by atoms with van der Waals surface area (Å²) in [4.78, 5) is 16.0. The van der Waals surface area contributed by atoms with Gasteiger partial charge in [0.25, 0.3) is 0 Å². The Balaban J connectivity index is 0.000000170. The monoisotopic (exact) mass is 508 g/mol. The van der Waals surface area contributed by atoms with E-state index < -0.39 is 7.92 Å². The molecule has 0 bridgehead atoms. The van der Waals surface area contributed by atoms with Gasteiger partial charge in [-0.2, -0.15) is 0 Å². The molecule has 5 rings (SSSR count). The zero-order valence-corrected chi connectivity index (χ0v) is 22.0. The first-order valence-corrected chi connectivity index (χ1v) is 14.2. The van der Waals surface area contributed by atoms with E-state index in [-0.39, 0.29) is 5.12 Å². The Bertz CT molecular complexity index is 1230. The van der Waals surface area contributed by atoms with Crippen LogP contribution in [-0.2, 0) is 13.5 Å². The molecule has 5 aromatic rings. The van der Waals surface area contributed by atoms with Crippen LogP contribution in [0.1, 0.15) is 16.2 Å². The Labute approximate surface area is 219 Å². The summed E-state index contributed by atoms with van der Waals surface area (Å²) in [6.45, 7) is 0. The Kier molecular flexibility index (Phi) is 9.67. The molecule has 0 radical (unpaired) electrons. The van der Waals surface area contributed by atoms with Crippen LogP contribution in [-0.4, -0.2) is 20.4 Å². The van der Waals surface area contributed by atoms with Gasteiger partial charge < -0.3 is 4.57 Å². The van der Waals surface area contributed by atoms with Crippen molar-refractivity contribution < 1.29 is 4.79 Å². The Morgan fingerprint density at radius 1 is 0.722 bits per heavy atom. The second-order valence-corrected chi connectivity index (χ2v) is 11.3. The molecule has 0 fully saturated rings. The molecule has 0 atom stereocenters. The number of benzene rings is 4. The van der Waals surface area contributed by atoms with Crippen LogP contribution >= 0.6 is 19.7 Å². The number of nitrogens with zero attached hydrogens (tertiary/aromatic N) is 2. The van der Waals surface area contributed by atoms with Crippen molar-refractivity contribution in [2.75, 3.05) is 5.75 Å². The number of carbonyl (C=O) groups excluding carboxylic acids is 1. The van der Waals surface area contributed by atoms with Crippen molar-refractivity contribution in [1.29, 1.82) is 0 Å². The van der Waals surface area contributed by atoms with Gasteiger partial charge in [-0.05, 0) is 23.8 Å². The standard InChI is InChI=1S/C18H15P.C13H14N2OS/c1-4-10-16(11-5-1)19(17-12-6-2-7-13-17)18-14-8-3-9-15-18;1-15-9-8-14-12(15)7-10-17-13(16)11-5-3-2-4-6-11/h1-15H;2-6,8-9H,7,10H2,1H3. The second kappa shape index (κ2) is 13.6. The maximum Gasteiger partial charge on any atom is 0.219 e. The minimum Gasteiger partial charge on any atom is -0.338 e. The summed E-state index contributed by atoms with van der Waals surface area (Å²) in [6, 6.07) is 41.7. The van der Waals surface area contributed by atoms with E-state index >= 15 is 0 Å². The first kappa shape index (κ1) is 25.6. The lowest BCUT2D eigenvalue weighted by Crippen LogP contribution is -2.20. The molecule has 0 aliphatic rings. The largest absolute Gasteiger partial charge is 0.338 e. The Morgan fingerprint density at radius 3 is 1.58 bits per heavy atom. The second-order valence-electron chi connectivity index (χ2n) is 8.05. The zero-order chi connectivity index (χ0) is 25.0. The van der Waals surface area contributed by atoms with Crippen LogP contribution in [0.15, 0.2) is 134 Å². The van der Waals surface area contributed by atoms with Gasteiger partial charge in [0.2, 0.25) is 5.12 Å². The fourth-order valence-electron chi connectivity index (χ4n) is 3.71. The molecule has 0 saturated heterocycles. The third-order valence-electron chi connectivity index (χ3n) is 5.53. The van der Waals surface area contributed by atoms with Crippen LogP contribution in [0.3, 0.4) is 0 Å². The minimum absolute atomic E-state index is 0.125. The molecule has 180 valence electrons. The lowest BCUT2D eigenvalue weighted by atomic mass is 10.2. The van der Waals surface area contributed by atoms with Crippen LogP contribution < -0.4 is 15.9 Å². The first-order chi connectivity index (χ1) is 17.7. The van der Waals surface area contributed by atoms with Crippen LogP contribution in [0.2, 0.25) is 0 Å². The summed E-state index contributed by atoms with van der Waals surface area (Å²) in [5.74, 6) is 1.77.